The summed E-state index contributed by atoms with van der Waals surface area (Å²) in [5, 5.41) is 3.13. The van der Waals surface area contributed by atoms with E-state index >= 15 is 0 Å². The van der Waals surface area contributed by atoms with Crippen LogP contribution < -0.4 is 10.1 Å². The molecule has 4 saturated carbocycles. The number of methoxy groups -OCH3 is 1. The molecule has 1 amide bonds. The maximum atomic E-state index is 13.0. The molecule has 6 rings (SSSR count). The topological polar surface area (TPSA) is 38.3 Å². The molecule has 4 fully saturated rings. The summed E-state index contributed by atoms with van der Waals surface area (Å²) in [6, 6.07) is 18.7. The van der Waals surface area contributed by atoms with Crippen LogP contribution in [0.1, 0.15) is 50.5 Å². The van der Waals surface area contributed by atoms with Crippen LogP contribution in [-0.4, -0.2) is 13.0 Å². The third-order valence-electron chi connectivity index (χ3n) is 7.48. The van der Waals surface area contributed by atoms with Crippen molar-refractivity contribution >= 4 is 11.6 Å². The van der Waals surface area contributed by atoms with Crippen LogP contribution in [0.25, 0.3) is 0 Å². The Balaban J connectivity index is 1.35. The highest BCUT2D eigenvalue weighted by molar-refractivity contribution is 5.91. The minimum atomic E-state index is 0.162. The Hall–Kier alpha value is -2.29. The lowest BCUT2D eigenvalue weighted by molar-refractivity contribution is -0.126. The standard InChI is InChI=1S/C25H29NO2/c1-28-22-9-7-21(8-10-22)26-23(27)16-24-12-18-11-19(13-24)15-25(14-18,17-24)20-5-3-2-4-6-20/h2-10,18-19H,11-17H2,1H3,(H,26,27)/t18-,19+,24?,25?. The van der Waals surface area contributed by atoms with Crippen molar-refractivity contribution in [3.05, 3.63) is 60.2 Å². The van der Waals surface area contributed by atoms with Gasteiger partial charge in [-0.15, -0.1) is 0 Å². The van der Waals surface area contributed by atoms with Crippen LogP contribution in [-0.2, 0) is 10.2 Å². The van der Waals surface area contributed by atoms with E-state index < -0.39 is 0 Å². The van der Waals surface area contributed by atoms with E-state index in [9.17, 15) is 4.79 Å². The van der Waals surface area contributed by atoms with E-state index in [-0.39, 0.29) is 11.3 Å². The third kappa shape index (κ3) is 3.11. The fourth-order valence-electron chi connectivity index (χ4n) is 7.01. The van der Waals surface area contributed by atoms with Crippen molar-refractivity contribution in [1.29, 1.82) is 0 Å². The molecule has 2 unspecified atom stereocenters. The molecule has 2 aromatic rings. The zero-order valence-electron chi connectivity index (χ0n) is 16.6. The largest absolute Gasteiger partial charge is 0.497 e. The maximum absolute atomic E-state index is 13.0. The first-order chi connectivity index (χ1) is 13.6. The average molecular weight is 376 g/mol. The molecule has 0 radical (unpaired) electrons. The van der Waals surface area contributed by atoms with E-state index in [4.69, 9.17) is 4.74 Å². The van der Waals surface area contributed by atoms with Crippen molar-refractivity contribution in [2.75, 3.05) is 12.4 Å². The van der Waals surface area contributed by atoms with Gasteiger partial charge in [0.25, 0.3) is 0 Å². The minimum Gasteiger partial charge on any atom is -0.497 e. The van der Waals surface area contributed by atoms with Crippen LogP contribution in [0.2, 0.25) is 0 Å². The van der Waals surface area contributed by atoms with Crippen molar-refractivity contribution in [1.82, 2.24) is 0 Å². The van der Waals surface area contributed by atoms with Crippen LogP contribution in [0.4, 0.5) is 5.69 Å². The molecule has 28 heavy (non-hydrogen) atoms. The van der Waals surface area contributed by atoms with Gasteiger partial charge in [-0.1, -0.05) is 30.3 Å². The first-order valence-corrected chi connectivity index (χ1v) is 10.6. The zero-order chi connectivity index (χ0) is 19.2. The molecular weight excluding hydrogens is 346 g/mol. The molecule has 3 heteroatoms. The molecule has 0 aromatic heterocycles. The Morgan fingerprint density at radius 1 is 1.00 bits per heavy atom. The number of rotatable bonds is 5. The molecule has 0 aliphatic heterocycles. The van der Waals surface area contributed by atoms with Crippen LogP contribution in [0.5, 0.6) is 5.75 Å². The summed E-state index contributed by atoms with van der Waals surface area (Å²) in [5.74, 6) is 2.55. The SMILES string of the molecule is COc1ccc(NC(=O)CC23C[C@H]4C[C@@H](C2)CC(c2ccccc2)(C4)C3)cc1. The van der Waals surface area contributed by atoms with Gasteiger partial charge in [0.05, 0.1) is 7.11 Å². The van der Waals surface area contributed by atoms with Gasteiger partial charge in [-0.25, -0.2) is 0 Å². The second kappa shape index (κ2) is 6.65. The Bertz CT molecular complexity index is 844. The Labute approximate surface area is 167 Å². The van der Waals surface area contributed by atoms with Gasteiger partial charge in [-0.3, -0.25) is 4.79 Å². The monoisotopic (exact) mass is 375 g/mol. The number of ether oxygens (including phenoxy) is 1. The number of carbonyl (C=O) groups is 1. The Kier molecular flexibility index (Phi) is 4.22. The van der Waals surface area contributed by atoms with Crippen molar-refractivity contribution < 1.29 is 9.53 Å². The predicted molar refractivity (Wildman–Crippen MR) is 111 cm³/mol. The van der Waals surface area contributed by atoms with Crippen LogP contribution >= 0.6 is 0 Å². The van der Waals surface area contributed by atoms with Crippen LogP contribution in [0, 0.1) is 17.3 Å². The predicted octanol–water partition coefficient (Wildman–Crippen LogP) is 5.56. The van der Waals surface area contributed by atoms with Gasteiger partial charge in [0.1, 0.15) is 5.75 Å². The molecule has 146 valence electrons. The summed E-state index contributed by atoms with van der Waals surface area (Å²) < 4.78 is 5.21. The molecule has 3 nitrogen and oxygen atoms in total. The number of amides is 1. The highest BCUT2D eigenvalue weighted by Crippen LogP contribution is 2.66. The molecule has 0 heterocycles. The number of carbonyl (C=O) groups excluding carboxylic acids is 1. The quantitative estimate of drug-likeness (QED) is 0.743. The van der Waals surface area contributed by atoms with E-state index in [0.717, 1.165) is 23.3 Å². The number of nitrogens with one attached hydrogen (secondary N) is 1. The maximum Gasteiger partial charge on any atom is 0.224 e. The van der Waals surface area contributed by atoms with Gasteiger partial charge < -0.3 is 10.1 Å². The average Bonchev–Trinajstić information content (AvgIpc) is 2.68. The number of benzene rings is 2. The lowest BCUT2D eigenvalue weighted by Gasteiger charge is -2.62. The summed E-state index contributed by atoms with van der Waals surface area (Å²) in [6.45, 7) is 0. The molecular formula is C25H29NO2. The molecule has 4 bridgehead atoms. The summed E-state index contributed by atoms with van der Waals surface area (Å²) >= 11 is 0. The lowest BCUT2D eigenvalue weighted by atomic mass is 9.42. The molecule has 0 spiro atoms. The first-order valence-electron chi connectivity index (χ1n) is 10.6. The third-order valence-corrected chi connectivity index (χ3v) is 7.48. The second-order valence-corrected chi connectivity index (χ2v) is 9.56. The fraction of sp³-hybridized carbons (Fsp3) is 0.480. The molecule has 4 aliphatic rings. The molecule has 2 aromatic carbocycles. The van der Waals surface area contributed by atoms with E-state index in [0.29, 0.717) is 11.8 Å². The van der Waals surface area contributed by atoms with Gasteiger partial charge in [0, 0.05) is 12.1 Å². The highest BCUT2D eigenvalue weighted by Gasteiger charge is 2.58. The molecule has 4 atom stereocenters. The Morgan fingerprint density at radius 3 is 2.32 bits per heavy atom. The Morgan fingerprint density at radius 2 is 1.68 bits per heavy atom. The number of hydrogen-bond donors (Lipinski definition) is 1. The van der Waals surface area contributed by atoms with Crippen molar-refractivity contribution in [2.24, 2.45) is 17.3 Å². The lowest BCUT2D eigenvalue weighted by Crippen LogP contribution is -2.54. The van der Waals surface area contributed by atoms with Crippen molar-refractivity contribution in [2.45, 2.75) is 50.4 Å². The summed E-state index contributed by atoms with van der Waals surface area (Å²) in [5.41, 5.74) is 2.83. The van der Waals surface area contributed by atoms with Crippen LogP contribution in [0.3, 0.4) is 0 Å². The fourth-order valence-corrected chi connectivity index (χ4v) is 7.01. The number of hydrogen-bond acceptors (Lipinski definition) is 2. The summed E-state index contributed by atoms with van der Waals surface area (Å²) in [6.07, 6.45) is 8.29. The van der Waals surface area contributed by atoms with Crippen molar-refractivity contribution in [3.8, 4) is 5.75 Å². The minimum absolute atomic E-state index is 0.162. The van der Waals surface area contributed by atoms with E-state index in [1.54, 1.807) is 7.11 Å². The van der Waals surface area contributed by atoms with Crippen molar-refractivity contribution in [3.63, 3.8) is 0 Å². The normalized spacial score (nSPS) is 32.9. The summed E-state index contributed by atoms with van der Waals surface area (Å²) in [7, 11) is 1.66. The van der Waals surface area contributed by atoms with Gasteiger partial charge in [-0.05, 0) is 91.0 Å². The molecule has 1 N–H and O–H groups in total. The van der Waals surface area contributed by atoms with E-state index in [2.05, 4.69) is 35.6 Å². The molecule has 0 saturated heterocycles. The van der Waals surface area contributed by atoms with E-state index in [1.165, 1.54) is 44.1 Å². The van der Waals surface area contributed by atoms with Gasteiger partial charge in [-0.2, -0.15) is 0 Å². The molecule has 4 aliphatic carbocycles. The van der Waals surface area contributed by atoms with Gasteiger partial charge in [0.2, 0.25) is 5.91 Å². The smallest absolute Gasteiger partial charge is 0.224 e. The zero-order valence-corrected chi connectivity index (χ0v) is 16.6. The van der Waals surface area contributed by atoms with E-state index in [1.807, 2.05) is 24.3 Å². The first kappa shape index (κ1) is 17.8. The van der Waals surface area contributed by atoms with Gasteiger partial charge in [0.15, 0.2) is 0 Å². The number of anilines is 1. The van der Waals surface area contributed by atoms with Crippen LogP contribution in [0.15, 0.2) is 54.6 Å². The van der Waals surface area contributed by atoms with Gasteiger partial charge >= 0.3 is 0 Å². The second-order valence-electron chi connectivity index (χ2n) is 9.56. The summed E-state index contributed by atoms with van der Waals surface area (Å²) in [4.78, 5) is 13.0. The highest BCUT2D eigenvalue weighted by atomic mass is 16.5.